The first kappa shape index (κ1) is 12.2. The molecule has 2 aromatic rings. The monoisotopic (exact) mass is 249 g/mol. The fourth-order valence-electron chi connectivity index (χ4n) is 1.57. The molecule has 0 aliphatic heterocycles. The Balaban J connectivity index is 2.54. The van der Waals surface area contributed by atoms with Crippen molar-refractivity contribution in [2.75, 3.05) is 20.0 Å². The number of nitrogens with zero attached hydrogens (tertiary/aromatic N) is 2. The third kappa shape index (κ3) is 2.09. The minimum Gasteiger partial charge on any atom is -0.497 e. The Morgan fingerprint density at radius 1 is 1.22 bits per heavy atom. The van der Waals surface area contributed by atoms with Crippen molar-refractivity contribution in [3.05, 3.63) is 18.0 Å². The van der Waals surface area contributed by atoms with Gasteiger partial charge in [0, 0.05) is 12.5 Å². The number of benzene rings is 1. The summed E-state index contributed by atoms with van der Waals surface area (Å²) in [5.41, 5.74) is 7.05. The highest BCUT2D eigenvalue weighted by Crippen LogP contribution is 2.36. The highest BCUT2D eigenvalue weighted by atomic mass is 16.5. The van der Waals surface area contributed by atoms with Gasteiger partial charge >= 0.3 is 0 Å². The van der Waals surface area contributed by atoms with Gasteiger partial charge in [-0.25, -0.2) is 0 Å². The average Bonchev–Trinajstić information content (AvgIpc) is 2.87. The molecule has 1 heterocycles. The van der Waals surface area contributed by atoms with Gasteiger partial charge in [0.1, 0.15) is 11.5 Å². The maximum absolute atomic E-state index is 5.99. The summed E-state index contributed by atoms with van der Waals surface area (Å²) in [5, 5.41) is 7.87. The summed E-state index contributed by atoms with van der Waals surface area (Å²) in [6.07, 6.45) is 0.675. The summed E-state index contributed by atoms with van der Waals surface area (Å²) in [5.74, 6) is 2.06. The number of anilines is 1. The van der Waals surface area contributed by atoms with Crippen molar-refractivity contribution >= 4 is 5.69 Å². The molecule has 0 spiro atoms. The molecular formula is C12H15N3O3. The van der Waals surface area contributed by atoms with Crippen LogP contribution in [0.4, 0.5) is 5.69 Å². The van der Waals surface area contributed by atoms with Crippen molar-refractivity contribution in [2.24, 2.45) is 0 Å². The van der Waals surface area contributed by atoms with Crippen LogP contribution in [0, 0.1) is 0 Å². The Labute approximate surface area is 105 Å². The Hall–Kier alpha value is -2.24. The molecule has 0 fully saturated rings. The number of hydrogen-bond donors (Lipinski definition) is 1. The van der Waals surface area contributed by atoms with Crippen LogP contribution in [-0.2, 0) is 6.42 Å². The molecule has 0 unspecified atom stereocenters. The largest absolute Gasteiger partial charge is 0.497 e. The van der Waals surface area contributed by atoms with Gasteiger partial charge in [-0.2, -0.15) is 0 Å². The van der Waals surface area contributed by atoms with Gasteiger partial charge in [0.2, 0.25) is 11.8 Å². The zero-order chi connectivity index (χ0) is 13.1. The van der Waals surface area contributed by atoms with E-state index in [0.717, 1.165) is 0 Å². The molecule has 1 aromatic carbocycles. The lowest BCUT2D eigenvalue weighted by atomic mass is 10.1. The third-order valence-corrected chi connectivity index (χ3v) is 2.57. The Kier molecular flexibility index (Phi) is 3.36. The zero-order valence-corrected chi connectivity index (χ0v) is 10.6. The van der Waals surface area contributed by atoms with E-state index in [4.69, 9.17) is 19.6 Å². The fourth-order valence-corrected chi connectivity index (χ4v) is 1.57. The van der Waals surface area contributed by atoms with Gasteiger partial charge in [0.15, 0.2) is 0 Å². The summed E-state index contributed by atoms with van der Waals surface area (Å²) >= 11 is 0. The van der Waals surface area contributed by atoms with Crippen LogP contribution in [0.3, 0.4) is 0 Å². The number of aryl methyl sites for hydroxylation is 1. The first-order chi connectivity index (χ1) is 8.69. The van der Waals surface area contributed by atoms with E-state index >= 15 is 0 Å². The normalized spacial score (nSPS) is 10.4. The second kappa shape index (κ2) is 4.95. The quantitative estimate of drug-likeness (QED) is 0.833. The highest BCUT2D eigenvalue weighted by Gasteiger charge is 2.16. The fraction of sp³-hybridized carbons (Fsp3) is 0.333. The summed E-state index contributed by atoms with van der Waals surface area (Å²) in [6, 6.07) is 3.45. The number of nitrogen functional groups attached to an aromatic ring is 1. The zero-order valence-electron chi connectivity index (χ0n) is 10.6. The van der Waals surface area contributed by atoms with E-state index in [1.165, 1.54) is 0 Å². The molecule has 0 bridgehead atoms. The maximum Gasteiger partial charge on any atom is 0.250 e. The van der Waals surface area contributed by atoms with Gasteiger partial charge < -0.3 is 19.6 Å². The van der Waals surface area contributed by atoms with Crippen molar-refractivity contribution in [2.45, 2.75) is 13.3 Å². The second-order valence-electron chi connectivity index (χ2n) is 3.65. The summed E-state index contributed by atoms with van der Waals surface area (Å²) in [4.78, 5) is 0. The van der Waals surface area contributed by atoms with E-state index in [2.05, 4.69) is 10.2 Å². The van der Waals surface area contributed by atoms with E-state index in [1.54, 1.807) is 26.4 Å². The summed E-state index contributed by atoms with van der Waals surface area (Å²) < 4.78 is 15.9. The lowest BCUT2D eigenvalue weighted by Gasteiger charge is -2.10. The molecular weight excluding hydrogens is 234 g/mol. The highest BCUT2D eigenvalue weighted by molar-refractivity contribution is 5.77. The number of nitrogens with two attached hydrogens (primary N) is 1. The number of aromatic nitrogens is 2. The van der Waals surface area contributed by atoms with Gasteiger partial charge in [0.05, 0.1) is 25.5 Å². The van der Waals surface area contributed by atoms with Crippen LogP contribution in [0.5, 0.6) is 11.5 Å². The summed E-state index contributed by atoms with van der Waals surface area (Å²) in [7, 11) is 3.11. The number of ether oxygens (including phenoxy) is 2. The third-order valence-electron chi connectivity index (χ3n) is 2.57. The molecule has 2 rings (SSSR count). The van der Waals surface area contributed by atoms with E-state index < -0.39 is 0 Å². The van der Waals surface area contributed by atoms with Crippen LogP contribution in [0.2, 0.25) is 0 Å². The topological polar surface area (TPSA) is 83.4 Å². The summed E-state index contributed by atoms with van der Waals surface area (Å²) in [6.45, 7) is 1.94. The Morgan fingerprint density at radius 3 is 2.56 bits per heavy atom. The molecule has 96 valence electrons. The van der Waals surface area contributed by atoms with Crippen molar-refractivity contribution in [1.29, 1.82) is 0 Å². The molecule has 0 amide bonds. The van der Waals surface area contributed by atoms with Gasteiger partial charge in [-0.1, -0.05) is 6.92 Å². The molecule has 6 heteroatoms. The lowest BCUT2D eigenvalue weighted by molar-refractivity contribution is 0.395. The molecule has 0 radical (unpaired) electrons. The predicted octanol–water partition coefficient (Wildman–Crippen LogP) is 1.90. The molecule has 2 N–H and O–H groups in total. The Morgan fingerprint density at radius 2 is 2.00 bits per heavy atom. The minimum atomic E-state index is 0.363. The van der Waals surface area contributed by atoms with E-state index in [0.29, 0.717) is 41.0 Å². The maximum atomic E-state index is 5.99. The molecule has 18 heavy (non-hydrogen) atoms. The molecule has 0 atom stereocenters. The molecule has 0 aliphatic carbocycles. The van der Waals surface area contributed by atoms with Crippen LogP contribution < -0.4 is 15.2 Å². The van der Waals surface area contributed by atoms with Crippen molar-refractivity contribution in [3.8, 4) is 23.0 Å². The van der Waals surface area contributed by atoms with Crippen LogP contribution in [0.15, 0.2) is 16.5 Å². The lowest BCUT2D eigenvalue weighted by Crippen LogP contribution is -1.97. The second-order valence-corrected chi connectivity index (χ2v) is 3.65. The van der Waals surface area contributed by atoms with E-state index in [9.17, 15) is 0 Å². The minimum absolute atomic E-state index is 0.363. The van der Waals surface area contributed by atoms with E-state index in [1.807, 2.05) is 6.92 Å². The van der Waals surface area contributed by atoms with Crippen molar-refractivity contribution < 1.29 is 13.9 Å². The van der Waals surface area contributed by atoms with Gasteiger partial charge in [-0.15, -0.1) is 10.2 Å². The number of methoxy groups -OCH3 is 2. The van der Waals surface area contributed by atoms with Crippen LogP contribution in [-0.4, -0.2) is 24.4 Å². The SMILES string of the molecule is CCc1nnc(-c2cc(OC)cc(OC)c2N)o1. The number of hydrogen-bond acceptors (Lipinski definition) is 6. The van der Waals surface area contributed by atoms with Crippen molar-refractivity contribution in [1.82, 2.24) is 10.2 Å². The van der Waals surface area contributed by atoms with Gasteiger partial charge in [-0.3, -0.25) is 0 Å². The van der Waals surface area contributed by atoms with Gasteiger partial charge in [0.25, 0.3) is 0 Å². The van der Waals surface area contributed by atoms with Crippen molar-refractivity contribution in [3.63, 3.8) is 0 Å². The average molecular weight is 249 g/mol. The number of rotatable bonds is 4. The first-order valence-electron chi connectivity index (χ1n) is 5.53. The Bertz CT molecular complexity index is 551. The van der Waals surface area contributed by atoms with Crippen LogP contribution in [0.1, 0.15) is 12.8 Å². The van der Waals surface area contributed by atoms with Crippen LogP contribution in [0.25, 0.3) is 11.5 Å². The molecule has 0 saturated heterocycles. The molecule has 0 aliphatic rings. The van der Waals surface area contributed by atoms with E-state index in [-0.39, 0.29) is 0 Å². The standard InChI is InChI=1S/C12H15N3O3/c1-4-10-14-15-12(18-10)8-5-7(16-2)6-9(17-3)11(8)13/h5-6H,4,13H2,1-3H3. The smallest absolute Gasteiger partial charge is 0.250 e. The molecule has 0 saturated carbocycles. The first-order valence-corrected chi connectivity index (χ1v) is 5.53. The molecule has 1 aromatic heterocycles. The predicted molar refractivity (Wildman–Crippen MR) is 66.6 cm³/mol. The van der Waals surface area contributed by atoms with Crippen LogP contribution >= 0.6 is 0 Å². The molecule has 6 nitrogen and oxygen atoms in total. The van der Waals surface area contributed by atoms with Gasteiger partial charge in [-0.05, 0) is 6.07 Å².